The first kappa shape index (κ1) is 9.37. The Hall–Kier alpha value is -1.19. The van der Waals surface area contributed by atoms with Gasteiger partial charge in [-0.15, -0.1) is 0 Å². The van der Waals surface area contributed by atoms with Gasteiger partial charge in [0.2, 0.25) is 0 Å². The van der Waals surface area contributed by atoms with Crippen LogP contribution in [-0.4, -0.2) is 22.4 Å². The molecule has 0 aliphatic carbocycles. The predicted molar refractivity (Wildman–Crippen MR) is 58.2 cm³/mol. The zero-order chi connectivity index (χ0) is 10.3. The fourth-order valence-corrected chi connectivity index (χ4v) is 2.31. The molecule has 0 amide bonds. The van der Waals surface area contributed by atoms with Crippen LogP contribution in [0.1, 0.15) is 20.3 Å². The molecular weight excluding hydrogens is 176 g/mol. The number of hydrogen-bond donors (Lipinski definition) is 1. The number of aromatic nitrogens is 2. The van der Waals surface area contributed by atoms with E-state index in [-0.39, 0.29) is 0 Å². The van der Waals surface area contributed by atoms with Crippen molar-refractivity contribution >= 4 is 11.5 Å². The molecule has 14 heavy (non-hydrogen) atoms. The highest BCUT2D eigenvalue weighted by molar-refractivity contribution is 5.62. The number of aryl methyl sites for hydroxylation is 1. The third kappa shape index (κ3) is 1.45. The molecule has 1 aromatic heterocycles. The minimum atomic E-state index is 0.558. The van der Waals surface area contributed by atoms with Crippen molar-refractivity contribution in [3.05, 3.63) is 6.20 Å². The van der Waals surface area contributed by atoms with E-state index in [0.717, 1.165) is 24.0 Å². The molecule has 0 aromatic carbocycles. The normalized spacial score (nSPS) is 27.2. The minimum absolute atomic E-state index is 0.558. The molecule has 78 valence electrons. The van der Waals surface area contributed by atoms with Gasteiger partial charge in [-0.1, -0.05) is 6.92 Å². The lowest BCUT2D eigenvalue weighted by Crippen LogP contribution is -2.27. The summed E-state index contributed by atoms with van der Waals surface area (Å²) < 4.78 is 1.78. The Morgan fingerprint density at radius 2 is 2.21 bits per heavy atom. The molecule has 1 aliphatic heterocycles. The maximum Gasteiger partial charge on any atom is 0.174 e. The molecule has 4 nitrogen and oxygen atoms in total. The number of nitrogens with zero attached hydrogens (tertiary/aromatic N) is 3. The van der Waals surface area contributed by atoms with Crippen molar-refractivity contribution in [2.75, 3.05) is 17.2 Å². The van der Waals surface area contributed by atoms with Crippen LogP contribution in [0.15, 0.2) is 6.20 Å². The molecule has 0 radical (unpaired) electrons. The van der Waals surface area contributed by atoms with Crippen molar-refractivity contribution < 1.29 is 0 Å². The average molecular weight is 194 g/mol. The van der Waals surface area contributed by atoms with E-state index in [2.05, 4.69) is 23.8 Å². The first-order chi connectivity index (χ1) is 6.58. The lowest BCUT2D eigenvalue weighted by Gasteiger charge is -2.21. The Balaban J connectivity index is 2.26. The Kier molecular flexibility index (Phi) is 2.13. The Bertz CT molecular complexity index is 331. The molecule has 2 atom stereocenters. The van der Waals surface area contributed by atoms with Crippen LogP contribution in [0.4, 0.5) is 11.5 Å². The highest BCUT2D eigenvalue weighted by Gasteiger charge is 2.28. The minimum Gasteiger partial charge on any atom is -0.394 e. The van der Waals surface area contributed by atoms with Crippen LogP contribution >= 0.6 is 0 Å². The van der Waals surface area contributed by atoms with E-state index in [9.17, 15) is 0 Å². The lowest BCUT2D eigenvalue weighted by atomic mass is 10.1. The smallest absolute Gasteiger partial charge is 0.174 e. The summed E-state index contributed by atoms with van der Waals surface area (Å²) in [6.45, 7) is 5.58. The number of nitrogen functional groups attached to an aromatic ring is 1. The van der Waals surface area contributed by atoms with Gasteiger partial charge < -0.3 is 10.6 Å². The summed E-state index contributed by atoms with van der Waals surface area (Å²) in [4.78, 5) is 2.31. The fourth-order valence-electron chi connectivity index (χ4n) is 2.31. The molecule has 2 heterocycles. The van der Waals surface area contributed by atoms with Crippen molar-refractivity contribution in [3.8, 4) is 0 Å². The number of rotatable bonds is 1. The second-order valence-electron chi connectivity index (χ2n) is 4.42. The third-order valence-corrected chi connectivity index (χ3v) is 2.89. The summed E-state index contributed by atoms with van der Waals surface area (Å²) in [6.07, 6.45) is 3.10. The highest BCUT2D eigenvalue weighted by Crippen LogP contribution is 2.30. The largest absolute Gasteiger partial charge is 0.394 e. The van der Waals surface area contributed by atoms with E-state index in [1.165, 1.54) is 6.42 Å². The lowest BCUT2D eigenvalue weighted by molar-refractivity contribution is 0.625. The van der Waals surface area contributed by atoms with Crippen molar-refractivity contribution in [1.29, 1.82) is 0 Å². The Morgan fingerprint density at radius 1 is 1.50 bits per heavy atom. The van der Waals surface area contributed by atoms with Crippen LogP contribution in [0, 0.1) is 5.92 Å². The summed E-state index contributed by atoms with van der Waals surface area (Å²) in [5, 5.41) is 4.39. The summed E-state index contributed by atoms with van der Waals surface area (Å²) in [5.74, 6) is 1.69. The molecule has 1 aliphatic rings. The van der Waals surface area contributed by atoms with Gasteiger partial charge in [0.05, 0.1) is 5.69 Å². The van der Waals surface area contributed by atoms with Gasteiger partial charge in [0, 0.05) is 25.8 Å². The van der Waals surface area contributed by atoms with Gasteiger partial charge in [-0.3, -0.25) is 4.68 Å². The molecule has 1 fully saturated rings. The van der Waals surface area contributed by atoms with Gasteiger partial charge in [0.25, 0.3) is 0 Å². The molecule has 2 N–H and O–H groups in total. The topological polar surface area (TPSA) is 47.1 Å². The van der Waals surface area contributed by atoms with Crippen LogP contribution in [-0.2, 0) is 7.05 Å². The van der Waals surface area contributed by atoms with E-state index in [1.807, 2.05) is 13.2 Å². The maximum absolute atomic E-state index is 5.90. The second-order valence-corrected chi connectivity index (χ2v) is 4.42. The van der Waals surface area contributed by atoms with Crippen molar-refractivity contribution in [2.45, 2.75) is 26.3 Å². The number of hydrogen-bond acceptors (Lipinski definition) is 3. The molecule has 0 spiro atoms. The quantitative estimate of drug-likeness (QED) is 0.731. The molecule has 0 saturated carbocycles. The summed E-state index contributed by atoms with van der Waals surface area (Å²) in [7, 11) is 1.91. The maximum atomic E-state index is 5.90. The van der Waals surface area contributed by atoms with Crippen LogP contribution in [0.25, 0.3) is 0 Å². The van der Waals surface area contributed by atoms with Gasteiger partial charge in [-0.05, 0) is 19.3 Å². The van der Waals surface area contributed by atoms with Gasteiger partial charge >= 0.3 is 0 Å². The predicted octanol–water partition coefficient (Wildman–Crippen LogP) is 1.24. The molecular formula is C10H18N4. The van der Waals surface area contributed by atoms with Crippen LogP contribution < -0.4 is 10.6 Å². The number of anilines is 2. The molecule has 4 heteroatoms. The second kappa shape index (κ2) is 3.19. The SMILES string of the molecule is CC1CC(C)N(c2nn(C)cc2N)C1. The van der Waals surface area contributed by atoms with Crippen molar-refractivity contribution in [2.24, 2.45) is 13.0 Å². The van der Waals surface area contributed by atoms with Crippen molar-refractivity contribution in [3.63, 3.8) is 0 Å². The van der Waals surface area contributed by atoms with E-state index in [1.54, 1.807) is 4.68 Å². The van der Waals surface area contributed by atoms with E-state index in [4.69, 9.17) is 5.73 Å². The van der Waals surface area contributed by atoms with Crippen LogP contribution in [0.3, 0.4) is 0 Å². The van der Waals surface area contributed by atoms with E-state index >= 15 is 0 Å². The van der Waals surface area contributed by atoms with E-state index in [0.29, 0.717) is 6.04 Å². The van der Waals surface area contributed by atoms with E-state index < -0.39 is 0 Å². The standard InChI is InChI=1S/C10H18N4/c1-7-4-8(2)14(5-7)10-9(11)6-13(3)12-10/h6-8H,4-5,11H2,1-3H3. The van der Waals surface area contributed by atoms with Gasteiger partial charge in [0.15, 0.2) is 5.82 Å². The molecule has 1 aromatic rings. The Morgan fingerprint density at radius 3 is 2.64 bits per heavy atom. The zero-order valence-electron chi connectivity index (χ0n) is 9.07. The summed E-state index contributed by atoms with van der Waals surface area (Å²) >= 11 is 0. The molecule has 2 unspecified atom stereocenters. The highest BCUT2D eigenvalue weighted by atomic mass is 15.4. The zero-order valence-corrected chi connectivity index (χ0v) is 9.07. The third-order valence-electron chi connectivity index (χ3n) is 2.89. The summed E-state index contributed by atoms with van der Waals surface area (Å²) in [5.41, 5.74) is 6.69. The van der Waals surface area contributed by atoms with Gasteiger partial charge in [-0.2, -0.15) is 5.10 Å². The van der Waals surface area contributed by atoms with Crippen LogP contribution in [0.2, 0.25) is 0 Å². The summed E-state index contributed by atoms with van der Waals surface area (Å²) in [6, 6.07) is 0.558. The Labute approximate surface area is 84.7 Å². The molecule has 1 saturated heterocycles. The molecule has 0 bridgehead atoms. The monoisotopic (exact) mass is 194 g/mol. The average Bonchev–Trinajstić information content (AvgIpc) is 2.55. The first-order valence-electron chi connectivity index (χ1n) is 5.13. The number of nitrogens with two attached hydrogens (primary N) is 1. The van der Waals surface area contributed by atoms with Gasteiger partial charge in [0.1, 0.15) is 0 Å². The fraction of sp³-hybridized carbons (Fsp3) is 0.700. The van der Waals surface area contributed by atoms with Crippen molar-refractivity contribution in [1.82, 2.24) is 9.78 Å². The van der Waals surface area contributed by atoms with Crippen LogP contribution in [0.5, 0.6) is 0 Å². The van der Waals surface area contributed by atoms with Gasteiger partial charge in [-0.25, -0.2) is 0 Å². The first-order valence-corrected chi connectivity index (χ1v) is 5.13. The molecule has 2 rings (SSSR count).